The van der Waals surface area contributed by atoms with Crippen LogP contribution in [0.3, 0.4) is 0 Å². The fourth-order valence-corrected chi connectivity index (χ4v) is 4.15. The van der Waals surface area contributed by atoms with Gasteiger partial charge in [-0.25, -0.2) is 0 Å². The van der Waals surface area contributed by atoms with Crippen LogP contribution in [0.2, 0.25) is 26.2 Å². The van der Waals surface area contributed by atoms with Gasteiger partial charge >= 0.3 is 19.1 Å². The van der Waals surface area contributed by atoms with E-state index in [1.807, 2.05) is 0 Å². The highest BCUT2D eigenvalue weighted by atomic mass is 28.4. The van der Waals surface area contributed by atoms with Gasteiger partial charge in [0.1, 0.15) is 0 Å². The Labute approximate surface area is 137 Å². The topological polar surface area (TPSA) is 64.6 Å². The maximum atomic E-state index is 5.38. The molecule has 0 aliphatic heterocycles. The van der Waals surface area contributed by atoms with Crippen LogP contribution >= 0.6 is 0 Å². The molecule has 0 aliphatic rings. The van der Waals surface area contributed by atoms with Crippen LogP contribution in [0.15, 0.2) is 0 Å². The summed E-state index contributed by atoms with van der Waals surface area (Å²) in [6.07, 6.45) is 0. The van der Waals surface area contributed by atoms with E-state index < -0.39 is 37.1 Å². The minimum absolute atomic E-state index is 0.650. The molecule has 21 heavy (non-hydrogen) atoms. The summed E-state index contributed by atoms with van der Waals surface area (Å²) in [6.45, 7) is 8.47. The van der Waals surface area contributed by atoms with E-state index in [2.05, 4.69) is 26.2 Å². The summed E-state index contributed by atoms with van der Waals surface area (Å²) in [5.41, 5.74) is 0. The molecule has 0 saturated heterocycles. The molecule has 132 valence electrons. The molecule has 0 aliphatic carbocycles. The smallest absolute Gasteiger partial charge is 0.424 e. The molecular formula is C10H34O7Si4. The second kappa shape index (κ2) is 20.6. The molecule has 0 aromatic carbocycles. The van der Waals surface area contributed by atoms with Crippen LogP contribution in [0.4, 0.5) is 0 Å². The first-order valence-corrected chi connectivity index (χ1v) is 15.0. The Morgan fingerprint density at radius 3 is 0.762 bits per heavy atom. The molecule has 11 heteroatoms. The van der Waals surface area contributed by atoms with Crippen LogP contribution < -0.4 is 0 Å². The summed E-state index contributed by atoms with van der Waals surface area (Å²) in [6, 6.07) is 0. The van der Waals surface area contributed by atoms with Crippen molar-refractivity contribution in [3.8, 4) is 0 Å². The standard InChI is InChI=1S/C4H14O3Si2.C3H10O3Si.C3H10OSi/c1-5-9(6-2)7-8(3)4;1-4-7(5-2)6-3;1-4-5(2)3/h8-9H,1-4H3;7H,1-3H3;5H,1-3H3. The molecule has 0 atom stereocenters. The van der Waals surface area contributed by atoms with Gasteiger partial charge in [0.15, 0.2) is 18.1 Å². The van der Waals surface area contributed by atoms with Crippen LogP contribution in [0.1, 0.15) is 0 Å². The molecule has 0 aromatic heterocycles. The third-order valence-electron chi connectivity index (χ3n) is 1.82. The van der Waals surface area contributed by atoms with Gasteiger partial charge in [-0.2, -0.15) is 0 Å². The Balaban J connectivity index is -0.000000242. The zero-order chi connectivity index (χ0) is 17.3. The highest BCUT2D eigenvalue weighted by Crippen LogP contribution is 1.91. The third kappa shape index (κ3) is 25.9. The molecule has 0 radical (unpaired) electrons. The summed E-state index contributed by atoms with van der Waals surface area (Å²) >= 11 is 0. The van der Waals surface area contributed by atoms with Crippen molar-refractivity contribution in [3.05, 3.63) is 0 Å². The predicted octanol–water partition coefficient (Wildman–Crippen LogP) is 0.255. The zero-order valence-electron chi connectivity index (χ0n) is 15.2. The van der Waals surface area contributed by atoms with Crippen LogP contribution in [0, 0.1) is 0 Å². The molecule has 0 heterocycles. The van der Waals surface area contributed by atoms with Gasteiger partial charge in [0.05, 0.1) is 0 Å². The molecule has 7 nitrogen and oxygen atoms in total. The Kier molecular flexibility index (Phi) is 26.0. The normalized spacial score (nSPS) is 10.6. The first-order valence-electron chi connectivity index (χ1n) is 6.64. The van der Waals surface area contributed by atoms with Crippen molar-refractivity contribution in [2.45, 2.75) is 26.2 Å². The fraction of sp³-hybridized carbons (Fsp3) is 1.00. The van der Waals surface area contributed by atoms with Gasteiger partial charge in [-0.15, -0.1) is 0 Å². The van der Waals surface area contributed by atoms with Gasteiger partial charge in [0.25, 0.3) is 0 Å². The van der Waals surface area contributed by atoms with Crippen molar-refractivity contribution in [2.24, 2.45) is 0 Å². The van der Waals surface area contributed by atoms with Gasteiger partial charge in [-0.1, -0.05) is 0 Å². The van der Waals surface area contributed by atoms with Crippen molar-refractivity contribution < 1.29 is 30.7 Å². The number of hydrogen-bond donors (Lipinski definition) is 0. The van der Waals surface area contributed by atoms with E-state index in [0.29, 0.717) is 0 Å². The van der Waals surface area contributed by atoms with Gasteiger partial charge in [-0.05, 0) is 26.2 Å². The fourth-order valence-electron chi connectivity index (χ4n) is 0.718. The van der Waals surface area contributed by atoms with Crippen molar-refractivity contribution in [3.63, 3.8) is 0 Å². The lowest BCUT2D eigenvalue weighted by atomic mass is 11.8. The Morgan fingerprint density at radius 2 is 0.714 bits per heavy atom. The van der Waals surface area contributed by atoms with Gasteiger partial charge in [-0.3, -0.25) is 0 Å². The van der Waals surface area contributed by atoms with E-state index in [1.165, 1.54) is 0 Å². The van der Waals surface area contributed by atoms with E-state index in [1.54, 1.807) is 42.7 Å². The average molecular weight is 379 g/mol. The first-order chi connectivity index (χ1) is 9.82. The number of rotatable bonds is 8. The van der Waals surface area contributed by atoms with Gasteiger partial charge < -0.3 is 30.7 Å². The highest BCUT2D eigenvalue weighted by Gasteiger charge is 2.12. The third-order valence-corrected chi connectivity index (χ3v) is 7.75. The van der Waals surface area contributed by atoms with Crippen LogP contribution in [0.25, 0.3) is 0 Å². The molecule has 0 amide bonds. The monoisotopic (exact) mass is 378 g/mol. The maximum absolute atomic E-state index is 5.38. The molecule has 0 spiro atoms. The minimum Gasteiger partial charge on any atom is -0.424 e. The quantitative estimate of drug-likeness (QED) is 0.561. The molecule has 0 N–H and O–H groups in total. The largest absolute Gasteiger partial charge is 0.483 e. The predicted molar refractivity (Wildman–Crippen MR) is 95.2 cm³/mol. The Hall–Kier alpha value is 0.588. The van der Waals surface area contributed by atoms with Crippen LogP contribution in [-0.4, -0.2) is 79.8 Å². The summed E-state index contributed by atoms with van der Waals surface area (Å²) < 4.78 is 34.4. The van der Waals surface area contributed by atoms with E-state index in [9.17, 15) is 0 Å². The second-order valence-electron chi connectivity index (χ2n) is 4.23. The molecule has 0 fully saturated rings. The van der Waals surface area contributed by atoms with E-state index in [0.717, 1.165) is 0 Å². The van der Waals surface area contributed by atoms with Crippen molar-refractivity contribution in [1.82, 2.24) is 0 Å². The van der Waals surface area contributed by atoms with Crippen molar-refractivity contribution in [2.75, 3.05) is 42.7 Å². The first kappa shape index (κ1) is 26.5. The van der Waals surface area contributed by atoms with Crippen molar-refractivity contribution >= 4 is 37.1 Å². The molecule has 0 saturated carbocycles. The molecule has 0 unspecified atom stereocenters. The number of hydrogen-bond acceptors (Lipinski definition) is 7. The lowest BCUT2D eigenvalue weighted by Gasteiger charge is -2.13. The van der Waals surface area contributed by atoms with Gasteiger partial charge in [0.2, 0.25) is 0 Å². The van der Waals surface area contributed by atoms with Crippen molar-refractivity contribution in [1.29, 1.82) is 0 Å². The van der Waals surface area contributed by atoms with E-state index in [-0.39, 0.29) is 0 Å². The highest BCUT2D eigenvalue weighted by molar-refractivity contribution is 6.58. The van der Waals surface area contributed by atoms with E-state index >= 15 is 0 Å². The minimum atomic E-state index is -1.69. The molecule has 0 aromatic rings. The summed E-state index contributed by atoms with van der Waals surface area (Å²) in [7, 11) is 4.76. The summed E-state index contributed by atoms with van der Waals surface area (Å²) in [4.78, 5) is 0. The molecule has 0 bridgehead atoms. The Bertz CT molecular complexity index is 175. The molecule has 0 rings (SSSR count). The zero-order valence-corrected chi connectivity index (χ0v) is 19.8. The average Bonchev–Trinajstić information content (AvgIpc) is 2.47. The summed E-state index contributed by atoms with van der Waals surface area (Å²) in [5, 5.41) is 0. The second-order valence-corrected chi connectivity index (χ2v) is 13.5. The SMILES string of the molecule is CO[SiH](C)C.CO[SiH](OC)OC.CO[SiH](OC)O[SiH](C)C. The van der Waals surface area contributed by atoms with E-state index in [4.69, 9.17) is 30.7 Å². The molecular weight excluding hydrogens is 344 g/mol. The summed E-state index contributed by atoms with van der Waals surface area (Å²) in [5.74, 6) is 0. The van der Waals surface area contributed by atoms with Crippen LogP contribution in [-0.2, 0) is 30.7 Å². The maximum Gasteiger partial charge on any atom is 0.483 e. The lowest BCUT2D eigenvalue weighted by Crippen LogP contribution is -2.29. The van der Waals surface area contributed by atoms with Gasteiger partial charge in [0, 0.05) is 42.7 Å². The lowest BCUT2D eigenvalue weighted by molar-refractivity contribution is 0.163. The van der Waals surface area contributed by atoms with Crippen LogP contribution in [0.5, 0.6) is 0 Å². The Morgan fingerprint density at radius 1 is 0.429 bits per heavy atom.